The second-order valence-corrected chi connectivity index (χ2v) is 4.91. The molecule has 108 valence electrons. The molecule has 0 aliphatic carbocycles. The molecular formula is C16H15ClN2O2. The standard InChI is InChI=1S/C16H15ClN2O2/c1-18-15(20)12-5-2-4-11(8-12)10-19-16(21)13-6-3-7-14(17)9-13/h2-9H,10H2,1H3,(H,18,20)(H,19,21). The van der Waals surface area contributed by atoms with Crippen molar-refractivity contribution in [1.29, 1.82) is 0 Å². The first-order valence-electron chi connectivity index (χ1n) is 6.45. The quantitative estimate of drug-likeness (QED) is 0.912. The van der Waals surface area contributed by atoms with Crippen molar-refractivity contribution >= 4 is 23.4 Å². The number of hydrogen-bond donors (Lipinski definition) is 2. The van der Waals surface area contributed by atoms with E-state index in [2.05, 4.69) is 10.6 Å². The van der Waals surface area contributed by atoms with Crippen LogP contribution >= 0.6 is 11.6 Å². The summed E-state index contributed by atoms with van der Waals surface area (Å²) < 4.78 is 0. The van der Waals surface area contributed by atoms with Gasteiger partial charge >= 0.3 is 0 Å². The van der Waals surface area contributed by atoms with E-state index >= 15 is 0 Å². The zero-order valence-electron chi connectivity index (χ0n) is 11.5. The van der Waals surface area contributed by atoms with Crippen LogP contribution in [0.25, 0.3) is 0 Å². The Hall–Kier alpha value is -2.33. The third-order valence-electron chi connectivity index (χ3n) is 2.96. The Morgan fingerprint density at radius 1 is 1.00 bits per heavy atom. The maximum absolute atomic E-state index is 12.0. The molecule has 0 saturated carbocycles. The number of carbonyl (C=O) groups is 2. The monoisotopic (exact) mass is 302 g/mol. The lowest BCUT2D eigenvalue weighted by atomic mass is 10.1. The van der Waals surface area contributed by atoms with Gasteiger partial charge in [0.2, 0.25) is 0 Å². The smallest absolute Gasteiger partial charge is 0.251 e. The molecule has 0 saturated heterocycles. The topological polar surface area (TPSA) is 58.2 Å². The minimum Gasteiger partial charge on any atom is -0.355 e. The van der Waals surface area contributed by atoms with E-state index in [1.165, 1.54) is 0 Å². The van der Waals surface area contributed by atoms with Gasteiger partial charge in [-0.25, -0.2) is 0 Å². The molecule has 0 bridgehead atoms. The van der Waals surface area contributed by atoms with Gasteiger partial charge in [-0.3, -0.25) is 9.59 Å². The van der Waals surface area contributed by atoms with Crippen LogP contribution in [0.5, 0.6) is 0 Å². The van der Waals surface area contributed by atoms with Crippen LogP contribution in [0, 0.1) is 0 Å². The SMILES string of the molecule is CNC(=O)c1cccc(CNC(=O)c2cccc(Cl)c2)c1. The molecule has 21 heavy (non-hydrogen) atoms. The molecule has 2 amide bonds. The summed E-state index contributed by atoms with van der Waals surface area (Å²) in [6.45, 7) is 0.343. The molecule has 0 radical (unpaired) electrons. The van der Waals surface area contributed by atoms with E-state index in [1.54, 1.807) is 49.5 Å². The molecule has 0 unspecified atom stereocenters. The van der Waals surface area contributed by atoms with Gasteiger partial charge in [-0.1, -0.05) is 29.8 Å². The Balaban J connectivity index is 2.03. The summed E-state index contributed by atoms with van der Waals surface area (Å²) in [6.07, 6.45) is 0. The highest BCUT2D eigenvalue weighted by Crippen LogP contribution is 2.11. The Morgan fingerprint density at radius 3 is 2.33 bits per heavy atom. The van der Waals surface area contributed by atoms with Crippen LogP contribution in [0.4, 0.5) is 0 Å². The molecular weight excluding hydrogens is 288 g/mol. The van der Waals surface area contributed by atoms with Crippen LogP contribution in [0.15, 0.2) is 48.5 Å². The summed E-state index contributed by atoms with van der Waals surface area (Å²) in [7, 11) is 1.58. The van der Waals surface area contributed by atoms with Gasteiger partial charge in [0.05, 0.1) is 0 Å². The summed E-state index contributed by atoms with van der Waals surface area (Å²) in [5.74, 6) is -0.360. The number of nitrogens with one attached hydrogen (secondary N) is 2. The Bertz CT molecular complexity index is 671. The van der Waals surface area contributed by atoms with Gasteiger partial charge in [-0.05, 0) is 35.9 Å². The van der Waals surface area contributed by atoms with Gasteiger partial charge in [-0.2, -0.15) is 0 Å². The molecule has 0 spiro atoms. The second kappa shape index (κ2) is 6.90. The van der Waals surface area contributed by atoms with Gasteiger partial charge in [0.1, 0.15) is 0 Å². The van der Waals surface area contributed by atoms with Crippen LogP contribution in [-0.2, 0) is 6.54 Å². The first-order chi connectivity index (χ1) is 10.1. The third-order valence-corrected chi connectivity index (χ3v) is 3.19. The van der Waals surface area contributed by atoms with Crippen LogP contribution in [0.3, 0.4) is 0 Å². The lowest BCUT2D eigenvalue weighted by Gasteiger charge is -2.07. The summed E-state index contributed by atoms with van der Waals surface area (Å²) >= 11 is 5.85. The summed E-state index contributed by atoms with van der Waals surface area (Å²) in [5, 5.41) is 5.88. The highest BCUT2D eigenvalue weighted by Gasteiger charge is 2.07. The van der Waals surface area contributed by atoms with Crippen molar-refractivity contribution in [2.45, 2.75) is 6.54 Å². The largest absolute Gasteiger partial charge is 0.355 e. The maximum Gasteiger partial charge on any atom is 0.251 e. The molecule has 5 heteroatoms. The van der Waals surface area contributed by atoms with E-state index in [1.807, 2.05) is 6.07 Å². The normalized spacial score (nSPS) is 10.0. The van der Waals surface area contributed by atoms with E-state index in [9.17, 15) is 9.59 Å². The highest BCUT2D eigenvalue weighted by molar-refractivity contribution is 6.30. The highest BCUT2D eigenvalue weighted by atomic mass is 35.5. The molecule has 2 rings (SSSR count). The number of rotatable bonds is 4. The molecule has 0 atom stereocenters. The molecule has 0 fully saturated rings. The van der Waals surface area contributed by atoms with Crippen LogP contribution in [0.2, 0.25) is 5.02 Å². The van der Waals surface area contributed by atoms with Crippen molar-refractivity contribution in [2.24, 2.45) is 0 Å². The fourth-order valence-electron chi connectivity index (χ4n) is 1.88. The Kier molecular flexibility index (Phi) is 4.95. The number of carbonyl (C=O) groups excluding carboxylic acids is 2. The van der Waals surface area contributed by atoms with Crippen molar-refractivity contribution in [3.05, 3.63) is 70.2 Å². The van der Waals surface area contributed by atoms with Crippen LogP contribution in [-0.4, -0.2) is 18.9 Å². The first-order valence-corrected chi connectivity index (χ1v) is 6.83. The van der Waals surface area contributed by atoms with E-state index < -0.39 is 0 Å². The van der Waals surface area contributed by atoms with Crippen molar-refractivity contribution in [1.82, 2.24) is 10.6 Å². The van der Waals surface area contributed by atoms with Crippen molar-refractivity contribution in [2.75, 3.05) is 7.05 Å². The van der Waals surface area contributed by atoms with Gasteiger partial charge in [0, 0.05) is 29.7 Å². The molecule has 2 aromatic carbocycles. The Morgan fingerprint density at radius 2 is 1.67 bits per heavy atom. The zero-order valence-corrected chi connectivity index (χ0v) is 12.3. The minimum atomic E-state index is -0.206. The zero-order chi connectivity index (χ0) is 15.2. The molecule has 0 aromatic heterocycles. The maximum atomic E-state index is 12.0. The summed E-state index contributed by atoms with van der Waals surface area (Å²) in [4.78, 5) is 23.5. The summed E-state index contributed by atoms with van der Waals surface area (Å²) in [5.41, 5.74) is 1.92. The number of benzene rings is 2. The van der Waals surface area contributed by atoms with Gasteiger partial charge < -0.3 is 10.6 Å². The van der Waals surface area contributed by atoms with Crippen molar-refractivity contribution in [3.63, 3.8) is 0 Å². The third kappa shape index (κ3) is 4.07. The molecule has 0 aliphatic heterocycles. The van der Waals surface area contributed by atoms with Gasteiger partial charge in [0.25, 0.3) is 11.8 Å². The van der Waals surface area contributed by atoms with E-state index in [4.69, 9.17) is 11.6 Å². The predicted octanol–water partition coefficient (Wildman–Crippen LogP) is 2.63. The van der Waals surface area contributed by atoms with E-state index in [0.29, 0.717) is 22.7 Å². The van der Waals surface area contributed by atoms with Crippen molar-refractivity contribution in [3.8, 4) is 0 Å². The fourth-order valence-corrected chi connectivity index (χ4v) is 2.07. The number of halogens is 1. The van der Waals surface area contributed by atoms with Gasteiger partial charge in [-0.15, -0.1) is 0 Å². The number of hydrogen-bond acceptors (Lipinski definition) is 2. The lowest BCUT2D eigenvalue weighted by Crippen LogP contribution is -2.23. The average molecular weight is 303 g/mol. The van der Waals surface area contributed by atoms with Crippen LogP contribution in [0.1, 0.15) is 26.3 Å². The molecule has 4 nitrogen and oxygen atoms in total. The minimum absolute atomic E-state index is 0.155. The van der Waals surface area contributed by atoms with Crippen LogP contribution < -0.4 is 10.6 Å². The molecule has 0 aliphatic rings. The number of amides is 2. The fraction of sp³-hybridized carbons (Fsp3) is 0.125. The predicted molar refractivity (Wildman–Crippen MR) is 82.5 cm³/mol. The first kappa shape index (κ1) is 15.1. The molecule has 0 heterocycles. The van der Waals surface area contributed by atoms with E-state index in [-0.39, 0.29) is 11.8 Å². The lowest BCUT2D eigenvalue weighted by molar-refractivity contribution is 0.0948. The van der Waals surface area contributed by atoms with Crippen molar-refractivity contribution < 1.29 is 9.59 Å². The van der Waals surface area contributed by atoms with E-state index in [0.717, 1.165) is 5.56 Å². The summed E-state index contributed by atoms with van der Waals surface area (Å²) in [6, 6.07) is 13.9. The molecule has 2 aromatic rings. The molecule has 2 N–H and O–H groups in total. The second-order valence-electron chi connectivity index (χ2n) is 4.47. The Labute approximate surface area is 128 Å². The van der Waals surface area contributed by atoms with Gasteiger partial charge in [0.15, 0.2) is 0 Å². The average Bonchev–Trinajstić information content (AvgIpc) is 2.52.